The van der Waals surface area contributed by atoms with Gasteiger partial charge < -0.3 is 10.2 Å². The van der Waals surface area contributed by atoms with Crippen molar-refractivity contribution in [2.75, 3.05) is 13.1 Å². The minimum absolute atomic E-state index is 0.0612. The van der Waals surface area contributed by atoms with Crippen LogP contribution in [-0.2, 0) is 6.54 Å². The topological polar surface area (TPSA) is 50.2 Å². The van der Waals surface area contributed by atoms with Crippen LogP contribution in [0.3, 0.4) is 0 Å². The molecule has 5 nitrogen and oxygen atoms in total. The third-order valence-electron chi connectivity index (χ3n) is 4.57. The van der Waals surface area contributed by atoms with Gasteiger partial charge in [0.15, 0.2) is 0 Å². The van der Waals surface area contributed by atoms with Crippen LogP contribution >= 0.6 is 11.3 Å². The molecule has 0 unspecified atom stereocenters. The molecule has 0 saturated carbocycles. The number of hydrogen-bond acceptors (Lipinski definition) is 3. The van der Waals surface area contributed by atoms with Gasteiger partial charge in [0, 0.05) is 30.2 Å². The van der Waals surface area contributed by atoms with Gasteiger partial charge in [-0.05, 0) is 50.1 Å². The summed E-state index contributed by atoms with van der Waals surface area (Å²) in [6.07, 6.45) is 2.15. The van der Waals surface area contributed by atoms with E-state index in [0.29, 0.717) is 12.5 Å². The lowest BCUT2D eigenvalue weighted by Crippen LogP contribution is -2.41. The number of nitrogens with zero attached hydrogens (tertiary/aromatic N) is 3. The summed E-state index contributed by atoms with van der Waals surface area (Å²) in [5.41, 5.74) is 2.21. The third-order valence-corrected chi connectivity index (χ3v) is 5.55. The Hall–Kier alpha value is -1.82. The SMILES string of the molecule is Cc1cc(C)n(C[C@@H](C)CNC(=O)N2CCC[C@@H]2c2cccs2)n1. The van der Waals surface area contributed by atoms with E-state index in [0.717, 1.165) is 31.6 Å². The second kappa shape index (κ2) is 7.38. The van der Waals surface area contributed by atoms with E-state index in [9.17, 15) is 4.79 Å². The van der Waals surface area contributed by atoms with Gasteiger partial charge in [0.2, 0.25) is 0 Å². The summed E-state index contributed by atoms with van der Waals surface area (Å²) in [6.45, 7) is 8.58. The smallest absolute Gasteiger partial charge is 0.317 e. The Bertz CT molecular complexity index is 679. The van der Waals surface area contributed by atoms with Crippen molar-refractivity contribution in [2.45, 2.75) is 46.2 Å². The molecule has 2 aromatic heterocycles. The molecule has 2 aromatic rings. The first-order valence-electron chi connectivity index (χ1n) is 8.63. The standard InChI is InChI=1S/C18H26N4OS/c1-13(12-22-15(3)10-14(2)20-22)11-19-18(23)21-8-4-6-16(21)17-7-5-9-24-17/h5,7,9-10,13,16H,4,6,8,11-12H2,1-3H3,(H,19,23)/t13-,16+/m0/s1. The molecule has 0 aromatic carbocycles. The number of aromatic nitrogens is 2. The average molecular weight is 346 g/mol. The van der Waals surface area contributed by atoms with Gasteiger partial charge in [0.25, 0.3) is 0 Å². The molecule has 1 aliphatic heterocycles. The van der Waals surface area contributed by atoms with Crippen molar-refractivity contribution in [3.63, 3.8) is 0 Å². The Morgan fingerprint density at radius 3 is 3.00 bits per heavy atom. The lowest BCUT2D eigenvalue weighted by atomic mass is 10.2. The van der Waals surface area contributed by atoms with Gasteiger partial charge in [-0.15, -0.1) is 11.3 Å². The fourth-order valence-corrected chi connectivity index (χ4v) is 4.24. The fourth-order valence-electron chi connectivity index (χ4n) is 3.37. The van der Waals surface area contributed by atoms with Crippen molar-refractivity contribution in [3.8, 4) is 0 Å². The highest BCUT2D eigenvalue weighted by Gasteiger charge is 2.30. The number of urea groups is 1. The van der Waals surface area contributed by atoms with Crippen LogP contribution in [0.5, 0.6) is 0 Å². The molecule has 1 fully saturated rings. The highest BCUT2D eigenvalue weighted by Crippen LogP contribution is 2.34. The van der Waals surface area contributed by atoms with Crippen LogP contribution in [0.2, 0.25) is 0 Å². The van der Waals surface area contributed by atoms with Crippen LogP contribution in [0.15, 0.2) is 23.6 Å². The van der Waals surface area contributed by atoms with Gasteiger partial charge in [0.05, 0.1) is 11.7 Å². The van der Waals surface area contributed by atoms with E-state index < -0.39 is 0 Å². The Labute approximate surface area is 147 Å². The van der Waals surface area contributed by atoms with E-state index in [1.54, 1.807) is 11.3 Å². The summed E-state index contributed by atoms with van der Waals surface area (Å²) in [5.74, 6) is 0.342. The van der Waals surface area contributed by atoms with E-state index in [4.69, 9.17) is 0 Å². The molecule has 1 N–H and O–H groups in total. The molecule has 130 valence electrons. The number of likely N-dealkylation sites (tertiary alicyclic amines) is 1. The number of nitrogens with one attached hydrogen (secondary N) is 1. The Kier molecular flexibility index (Phi) is 5.23. The molecule has 1 aliphatic rings. The number of aryl methyl sites for hydroxylation is 2. The summed E-state index contributed by atoms with van der Waals surface area (Å²) in [6, 6.07) is 6.58. The number of hydrogen-bond donors (Lipinski definition) is 1. The maximum atomic E-state index is 12.6. The maximum Gasteiger partial charge on any atom is 0.317 e. The first kappa shape index (κ1) is 17.0. The maximum absolute atomic E-state index is 12.6. The number of thiophene rings is 1. The number of carbonyl (C=O) groups is 1. The fraction of sp³-hybridized carbons (Fsp3) is 0.556. The minimum atomic E-state index is 0.0612. The molecule has 0 aliphatic carbocycles. The molecule has 3 heterocycles. The van der Waals surface area contributed by atoms with E-state index in [2.05, 4.69) is 47.8 Å². The summed E-state index contributed by atoms with van der Waals surface area (Å²) in [7, 11) is 0. The Balaban J connectivity index is 1.52. The molecule has 3 rings (SSSR count). The van der Waals surface area contributed by atoms with E-state index in [1.165, 1.54) is 10.6 Å². The normalized spacial score (nSPS) is 18.8. The second-order valence-electron chi connectivity index (χ2n) is 6.77. The molecule has 0 bridgehead atoms. The zero-order valence-corrected chi connectivity index (χ0v) is 15.5. The zero-order valence-electron chi connectivity index (χ0n) is 14.7. The van der Waals surface area contributed by atoms with Crippen molar-refractivity contribution in [1.29, 1.82) is 0 Å². The lowest BCUT2D eigenvalue weighted by Gasteiger charge is -2.25. The molecule has 0 radical (unpaired) electrons. The number of rotatable bonds is 5. The summed E-state index contributed by atoms with van der Waals surface area (Å²) >= 11 is 1.74. The number of carbonyl (C=O) groups excluding carboxylic acids is 1. The van der Waals surface area contributed by atoms with Crippen LogP contribution in [0.4, 0.5) is 4.79 Å². The predicted octanol–water partition coefficient (Wildman–Crippen LogP) is 3.74. The van der Waals surface area contributed by atoms with Crippen molar-refractivity contribution in [3.05, 3.63) is 39.8 Å². The predicted molar refractivity (Wildman–Crippen MR) is 97.3 cm³/mol. The lowest BCUT2D eigenvalue weighted by molar-refractivity contribution is 0.191. The van der Waals surface area contributed by atoms with Crippen LogP contribution in [-0.4, -0.2) is 33.8 Å². The van der Waals surface area contributed by atoms with Gasteiger partial charge >= 0.3 is 6.03 Å². The van der Waals surface area contributed by atoms with E-state index >= 15 is 0 Å². The summed E-state index contributed by atoms with van der Waals surface area (Å²) in [5, 5.41) is 9.69. The Morgan fingerprint density at radius 2 is 2.33 bits per heavy atom. The van der Waals surface area contributed by atoms with Crippen molar-refractivity contribution in [2.24, 2.45) is 5.92 Å². The van der Waals surface area contributed by atoms with Crippen molar-refractivity contribution >= 4 is 17.4 Å². The largest absolute Gasteiger partial charge is 0.338 e. The van der Waals surface area contributed by atoms with E-state index in [-0.39, 0.29) is 12.1 Å². The van der Waals surface area contributed by atoms with Crippen LogP contribution in [0.1, 0.15) is 42.1 Å². The minimum Gasteiger partial charge on any atom is -0.338 e. The van der Waals surface area contributed by atoms with Gasteiger partial charge in [-0.1, -0.05) is 13.0 Å². The van der Waals surface area contributed by atoms with Gasteiger partial charge in [-0.25, -0.2) is 4.79 Å². The summed E-state index contributed by atoms with van der Waals surface area (Å²) < 4.78 is 2.02. The van der Waals surface area contributed by atoms with Crippen LogP contribution in [0.25, 0.3) is 0 Å². The first-order valence-corrected chi connectivity index (χ1v) is 9.51. The molecule has 24 heavy (non-hydrogen) atoms. The molecule has 2 atom stereocenters. The number of amides is 2. The summed E-state index contributed by atoms with van der Waals surface area (Å²) in [4.78, 5) is 15.9. The highest BCUT2D eigenvalue weighted by atomic mass is 32.1. The molecule has 1 saturated heterocycles. The molecular formula is C18H26N4OS. The molecule has 6 heteroatoms. The van der Waals surface area contributed by atoms with Crippen LogP contribution in [0, 0.1) is 19.8 Å². The Morgan fingerprint density at radius 1 is 1.50 bits per heavy atom. The third kappa shape index (κ3) is 3.80. The van der Waals surface area contributed by atoms with Crippen molar-refractivity contribution < 1.29 is 4.79 Å². The molecular weight excluding hydrogens is 320 g/mol. The molecule has 2 amide bonds. The average Bonchev–Trinajstić information content (AvgIpc) is 3.25. The van der Waals surface area contributed by atoms with Crippen LogP contribution < -0.4 is 5.32 Å². The van der Waals surface area contributed by atoms with E-state index in [1.807, 2.05) is 16.5 Å². The highest BCUT2D eigenvalue weighted by molar-refractivity contribution is 7.10. The van der Waals surface area contributed by atoms with Crippen molar-refractivity contribution in [1.82, 2.24) is 20.0 Å². The van der Waals surface area contributed by atoms with Gasteiger partial charge in [-0.3, -0.25) is 4.68 Å². The first-order chi connectivity index (χ1) is 11.5. The molecule has 0 spiro atoms. The quantitative estimate of drug-likeness (QED) is 0.896. The monoisotopic (exact) mass is 346 g/mol. The second-order valence-corrected chi connectivity index (χ2v) is 7.75. The zero-order chi connectivity index (χ0) is 17.1. The van der Waals surface area contributed by atoms with Gasteiger partial charge in [-0.2, -0.15) is 5.10 Å². The van der Waals surface area contributed by atoms with Gasteiger partial charge in [0.1, 0.15) is 0 Å².